The summed E-state index contributed by atoms with van der Waals surface area (Å²) < 4.78 is 0. The van der Waals surface area contributed by atoms with Gasteiger partial charge in [0.05, 0.1) is 18.6 Å². The van der Waals surface area contributed by atoms with Gasteiger partial charge in [-0.05, 0) is 54.5 Å². The molecule has 1 aliphatic heterocycles. The van der Waals surface area contributed by atoms with E-state index in [4.69, 9.17) is 10.8 Å². The van der Waals surface area contributed by atoms with Crippen LogP contribution in [0, 0.1) is 0 Å². The molecular weight excluding hydrogens is 446 g/mol. The lowest BCUT2D eigenvalue weighted by Crippen LogP contribution is -2.52. The molecule has 1 aromatic heterocycles. The van der Waals surface area contributed by atoms with Crippen molar-refractivity contribution >= 4 is 34.4 Å². The molecule has 2 aromatic carbocycles. The van der Waals surface area contributed by atoms with E-state index in [2.05, 4.69) is 20.5 Å². The van der Waals surface area contributed by atoms with E-state index in [1.54, 1.807) is 6.20 Å². The number of carbonyl (C=O) groups is 3. The molecule has 0 unspecified atom stereocenters. The number of pyridine rings is 1. The first kappa shape index (κ1) is 24.3. The Balaban J connectivity index is 1.42. The van der Waals surface area contributed by atoms with Gasteiger partial charge in [0.1, 0.15) is 5.82 Å². The van der Waals surface area contributed by atoms with Crippen LogP contribution >= 0.6 is 0 Å². The van der Waals surface area contributed by atoms with Crippen molar-refractivity contribution in [3.8, 4) is 0 Å². The van der Waals surface area contributed by atoms with E-state index in [0.29, 0.717) is 18.8 Å². The van der Waals surface area contributed by atoms with Crippen LogP contribution in [-0.2, 0) is 27.3 Å². The number of anilines is 1. The SMILES string of the molecule is Nc1nccc2cc(CN3CCC[C@H]3C(=O)NC(=O)[C@@H](Cc3ccccc3)NCC(=O)O)ccc12. The number of carbonyl (C=O) groups excluding carboxylic acids is 2. The van der Waals surface area contributed by atoms with Gasteiger partial charge in [0, 0.05) is 18.1 Å². The number of aliphatic carboxylic acids is 1. The summed E-state index contributed by atoms with van der Waals surface area (Å²) in [7, 11) is 0. The zero-order chi connectivity index (χ0) is 24.8. The number of carboxylic acids is 1. The number of hydrogen-bond donors (Lipinski definition) is 4. The summed E-state index contributed by atoms with van der Waals surface area (Å²) in [5.74, 6) is -1.48. The van der Waals surface area contributed by atoms with Crippen LogP contribution in [0.25, 0.3) is 10.8 Å². The number of nitrogen functional groups attached to an aromatic ring is 1. The van der Waals surface area contributed by atoms with Gasteiger partial charge in [-0.2, -0.15) is 0 Å². The van der Waals surface area contributed by atoms with E-state index in [9.17, 15) is 14.4 Å². The molecule has 1 aliphatic rings. The third-order valence-electron chi connectivity index (χ3n) is 6.26. The van der Waals surface area contributed by atoms with Crippen molar-refractivity contribution in [2.24, 2.45) is 0 Å². The largest absolute Gasteiger partial charge is 0.480 e. The number of benzene rings is 2. The molecule has 0 radical (unpaired) electrons. The van der Waals surface area contributed by atoms with Gasteiger partial charge in [-0.3, -0.25) is 29.9 Å². The first-order chi connectivity index (χ1) is 16.9. The summed E-state index contributed by atoms with van der Waals surface area (Å²) >= 11 is 0. The standard InChI is InChI=1S/C26H29N5O4/c27-24-20-9-8-18(13-19(20)10-11-28-24)16-31-12-4-7-22(31)26(35)30-25(34)21(29-15-23(32)33)14-17-5-2-1-3-6-17/h1-3,5-6,8-11,13,21-22,29H,4,7,12,14-16H2,(H2,27,28)(H,32,33)(H,30,34,35)/t21-,22+/m1/s1. The Labute approximate surface area is 203 Å². The number of fused-ring (bicyclic) bond motifs is 1. The van der Waals surface area contributed by atoms with Gasteiger partial charge in [-0.25, -0.2) is 4.98 Å². The number of carboxylic acid groups (broad SMARTS) is 1. The maximum atomic E-state index is 13.1. The second-order valence-corrected chi connectivity index (χ2v) is 8.75. The molecule has 2 heterocycles. The molecule has 0 aliphatic carbocycles. The monoisotopic (exact) mass is 475 g/mol. The van der Waals surface area contributed by atoms with Gasteiger partial charge in [-0.15, -0.1) is 0 Å². The van der Waals surface area contributed by atoms with E-state index < -0.39 is 24.0 Å². The topological polar surface area (TPSA) is 138 Å². The number of hydrogen-bond acceptors (Lipinski definition) is 7. The highest BCUT2D eigenvalue weighted by Gasteiger charge is 2.33. The number of amides is 2. The highest BCUT2D eigenvalue weighted by molar-refractivity contribution is 6.00. The lowest BCUT2D eigenvalue weighted by Gasteiger charge is -2.25. The van der Waals surface area contributed by atoms with Crippen LogP contribution in [0.5, 0.6) is 0 Å². The number of rotatable bonds is 9. The number of nitrogens with two attached hydrogens (primary N) is 1. The molecule has 5 N–H and O–H groups in total. The second-order valence-electron chi connectivity index (χ2n) is 8.75. The minimum Gasteiger partial charge on any atom is -0.480 e. The summed E-state index contributed by atoms with van der Waals surface area (Å²) in [6.07, 6.45) is 3.44. The number of imide groups is 1. The zero-order valence-corrected chi connectivity index (χ0v) is 19.3. The maximum absolute atomic E-state index is 13.1. The van der Waals surface area contributed by atoms with Crippen molar-refractivity contribution in [1.82, 2.24) is 20.5 Å². The molecule has 1 saturated heterocycles. The summed E-state index contributed by atoms with van der Waals surface area (Å²) in [5, 5.41) is 16.2. The van der Waals surface area contributed by atoms with E-state index in [1.165, 1.54) is 0 Å². The molecule has 1 fully saturated rings. The zero-order valence-electron chi connectivity index (χ0n) is 19.3. The Morgan fingerprint density at radius 3 is 2.69 bits per heavy atom. The molecule has 0 saturated carbocycles. The Hall–Kier alpha value is -3.82. The van der Waals surface area contributed by atoms with Gasteiger partial charge in [0.15, 0.2) is 0 Å². The number of likely N-dealkylation sites (tertiary alicyclic amines) is 1. The van der Waals surface area contributed by atoms with Crippen molar-refractivity contribution in [3.63, 3.8) is 0 Å². The minimum absolute atomic E-state index is 0.274. The molecule has 9 heteroatoms. The van der Waals surface area contributed by atoms with Crippen LogP contribution in [0.3, 0.4) is 0 Å². The van der Waals surface area contributed by atoms with Crippen LogP contribution in [0.15, 0.2) is 60.8 Å². The van der Waals surface area contributed by atoms with E-state index in [1.807, 2.05) is 54.6 Å². The van der Waals surface area contributed by atoms with E-state index in [0.717, 1.165) is 34.9 Å². The molecule has 9 nitrogen and oxygen atoms in total. The predicted octanol–water partition coefficient (Wildman–Crippen LogP) is 1.71. The molecule has 4 rings (SSSR count). The fourth-order valence-corrected chi connectivity index (χ4v) is 4.51. The maximum Gasteiger partial charge on any atom is 0.317 e. The van der Waals surface area contributed by atoms with Crippen LogP contribution in [0.4, 0.5) is 5.82 Å². The smallest absolute Gasteiger partial charge is 0.317 e. The van der Waals surface area contributed by atoms with E-state index in [-0.39, 0.29) is 18.9 Å². The molecule has 0 spiro atoms. The van der Waals surface area contributed by atoms with Crippen LogP contribution in [0.2, 0.25) is 0 Å². The second kappa shape index (κ2) is 11.1. The predicted molar refractivity (Wildman–Crippen MR) is 132 cm³/mol. The molecule has 35 heavy (non-hydrogen) atoms. The van der Waals surface area contributed by atoms with Crippen molar-refractivity contribution in [2.45, 2.75) is 37.9 Å². The molecule has 0 bridgehead atoms. The van der Waals surface area contributed by atoms with Crippen molar-refractivity contribution in [3.05, 3.63) is 71.9 Å². The molecule has 182 valence electrons. The summed E-state index contributed by atoms with van der Waals surface area (Å²) in [6, 6.07) is 15.9. The van der Waals surface area contributed by atoms with Gasteiger partial charge in [-0.1, -0.05) is 42.5 Å². The summed E-state index contributed by atoms with van der Waals surface area (Å²) in [4.78, 5) is 43.2. The third-order valence-corrected chi connectivity index (χ3v) is 6.26. The minimum atomic E-state index is -1.07. The third kappa shape index (κ3) is 6.20. The van der Waals surface area contributed by atoms with Crippen LogP contribution < -0.4 is 16.4 Å². The van der Waals surface area contributed by atoms with Crippen LogP contribution in [0.1, 0.15) is 24.0 Å². The summed E-state index contributed by atoms with van der Waals surface area (Å²) in [5.41, 5.74) is 7.85. The Bertz CT molecular complexity index is 1220. The van der Waals surface area contributed by atoms with Gasteiger partial charge in [0.2, 0.25) is 11.8 Å². The average Bonchev–Trinajstić information content (AvgIpc) is 3.30. The molecule has 2 amide bonds. The van der Waals surface area contributed by atoms with Crippen molar-refractivity contribution in [1.29, 1.82) is 0 Å². The first-order valence-corrected chi connectivity index (χ1v) is 11.6. The highest BCUT2D eigenvalue weighted by Crippen LogP contribution is 2.24. The number of aromatic nitrogens is 1. The van der Waals surface area contributed by atoms with E-state index >= 15 is 0 Å². The fourth-order valence-electron chi connectivity index (χ4n) is 4.51. The lowest BCUT2D eigenvalue weighted by atomic mass is 10.0. The highest BCUT2D eigenvalue weighted by atomic mass is 16.4. The number of nitrogens with one attached hydrogen (secondary N) is 2. The molecular formula is C26H29N5O4. The van der Waals surface area contributed by atoms with Crippen LogP contribution in [-0.4, -0.2) is 57.9 Å². The van der Waals surface area contributed by atoms with Gasteiger partial charge >= 0.3 is 5.97 Å². The average molecular weight is 476 g/mol. The fraction of sp³-hybridized carbons (Fsp3) is 0.308. The molecule has 3 aromatic rings. The Kier molecular flexibility index (Phi) is 7.69. The first-order valence-electron chi connectivity index (χ1n) is 11.6. The van der Waals surface area contributed by atoms with Crippen molar-refractivity contribution < 1.29 is 19.5 Å². The lowest BCUT2D eigenvalue weighted by molar-refractivity contribution is -0.136. The summed E-state index contributed by atoms with van der Waals surface area (Å²) in [6.45, 7) is 0.930. The van der Waals surface area contributed by atoms with Gasteiger partial charge < -0.3 is 10.8 Å². The quantitative estimate of drug-likeness (QED) is 0.367. The van der Waals surface area contributed by atoms with Gasteiger partial charge in [0.25, 0.3) is 0 Å². The number of nitrogens with zero attached hydrogens (tertiary/aromatic N) is 2. The Morgan fingerprint density at radius 2 is 1.91 bits per heavy atom. The van der Waals surface area contributed by atoms with Crippen molar-refractivity contribution in [2.75, 3.05) is 18.8 Å². The Morgan fingerprint density at radius 1 is 1.11 bits per heavy atom. The molecule has 2 atom stereocenters. The normalized spacial score (nSPS) is 16.7.